The summed E-state index contributed by atoms with van der Waals surface area (Å²) in [5.74, 6) is 0.187. The molecule has 0 bridgehead atoms. The number of nitrogens with zero attached hydrogens (tertiary/aromatic N) is 1. The zero-order valence-corrected chi connectivity index (χ0v) is 10.6. The van der Waals surface area contributed by atoms with Gasteiger partial charge in [-0.05, 0) is 19.4 Å². The van der Waals surface area contributed by atoms with Crippen LogP contribution in [0.15, 0.2) is 0 Å². The van der Waals surface area contributed by atoms with Gasteiger partial charge in [-0.2, -0.15) is 0 Å². The van der Waals surface area contributed by atoms with Crippen molar-refractivity contribution in [3.63, 3.8) is 0 Å². The molecule has 2 N–H and O–H groups in total. The van der Waals surface area contributed by atoms with Crippen LogP contribution in [0, 0.1) is 0 Å². The van der Waals surface area contributed by atoms with Gasteiger partial charge in [-0.25, -0.2) is 8.42 Å². The van der Waals surface area contributed by atoms with Crippen molar-refractivity contribution in [3.8, 4) is 0 Å². The first-order valence-electron chi connectivity index (χ1n) is 5.11. The molecule has 0 aromatic carbocycles. The van der Waals surface area contributed by atoms with Gasteiger partial charge in [0.25, 0.3) is 0 Å². The van der Waals surface area contributed by atoms with Crippen LogP contribution in [0.5, 0.6) is 0 Å². The predicted octanol–water partition coefficient (Wildman–Crippen LogP) is 0.172. The zero-order chi connectivity index (χ0) is 11.5. The van der Waals surface area contributed by atoms with Crippen molar-refractivity contribution in [1.82, 2.24) is 4.90 Å². The van der Waals surface area contributed by atoms with E-state index in [0.717, 1.165) is 25.8 Å². The molecule has 1 heterocycles. The fourth-order valence-corrected chi connectivity index (χ4v) is 2.70. The molecule has 0 aromatic rings. The molecule has 88 valence electrons. The van der Waals surface area contributed by atoms with E-state index in [1.165, 1.54) is 6.26 Å². The van der Waals surface area contributed by atoms with Crippen LogP contribution in [-0.2, 0) is 9.84 Å². The number of thiocarbonyl (C=S) groups is 1. The molecule has 1 fully saturated rings. The lowest BCUT2D eigenvalue weighted by molar-refractivity contribution is 0.204. The second-order valence-electron chi connectivity index (χ2n) is 4.08. The van der Waals surface area contributed by atoms with Gasteiger partial charge in [0, 0.05) is 12.8 Å². The molecule has 0 aliphatic carbocycles. The van der Waals surface area contributed by atoms with E-state index in [1.807, 2.05) is 0 Å². The van der Waals surface area contributed by atoms with Gasteiger partial charge in [0.15, 0.2) is 0 Å². The third kappa shape index (κ3) is 4.44. The van der Waals surface area contributed by atoms with Gasteiger partial charge in [0.05, 0.1) is 16.8 Å². The fourth-order valence-electron chi connectivity index (χ4n) is 1.86. The number of likely N-dealkylation sites (tertiary alicyclic amines) is 1. The normalized spacial score (nSPS) is 23.9. The predicted molar refractivity (Wildman–Crippen MR) is 65.7 cm³/mol. The van der Waals surface area contributed by atoms with E-state index in [2.05, 4.69) is 4.90 Å². The molecule has 1 unspecified atom stereocenters. The topological polar surface area (TPSA) is 63.4 Å². The minimum atomic E-state index is -2.90. The molecule has 1 atom stereocenters. The molecule has 0 spiro atoms. The van der Waals surface area contributed by atoms with Crippen molar-refractivity contribution in [3.05, 3.63) is 0 Å². The highest BCUT2D eigenvalue weighted by molar-refractivity contribution is 7.90. The summed E-state index contributed by atoms with van der Waals surface area (Å²) < 4.78 is 22.1. The number of sulfone groups is 1. The molecule has 0 aromatic heterocycles. The van der Waals surface area contributed by atoms with Gasteiger partial charge >= 0.3 is 0 Å². The number of nitrogens with two attached hydrogens (primary N) is 1. The SMILES string of the molecule is CS(=O)(=O)CCN1CCCCC1C(N)=S. The molecule has 0 saturated carbocycles. The van der Waals surface area contributed by atoms with Gasteiger partial charge in [0.2, 0.25) is 0 Å². The van der Waals surface area contributed by atoms with E-state index >= 15 is 0 Å². The molecular weight excluding hydrogens is 232 g/mol. The molecule has 1 aliphatic rings. The first kappa shape index (κ1) is 12.9. The summed E-state index contributed by atoms with van der Waals surface area (Å²) in [6.07, 6.45) is 4.44. The summed E-state index contributed by atoms with van der Waals surface area (Å²) in [5, 5.41) is 0. The lowest BCUT2D eigenvalue weighted by Crippen LogP contribution is -2.48. The van der Waals surface area contributed by atoms with Crippen molar-refractivity contribution in [1.29, 1.82) is 0 Å². The Hall–Kier alpha value is -0.200. The van der Waals surface area contributed by atoms with Gasteiger partial charge in [-0.3, -0.25) is 4.90 Å². The van der Waals surface area contributed by atoms with Crippen molar-refractivity contribution >= 4 is 27.0 Å². The van der Waals surface area contributed by atoms with E-state index in [9.17, 15) is 8.42 Å². The minimum absolute atomic E-state index is 0.0931. The highest BCUT2D eigenvalue weighted by Gasteiger charge is 2.24. The highest BCUT2D eigenvalue weighted by Crippen LogP contribution is 2.16. The summed E-state index contributed by atoms with van der Waals surface area (Å²) in [6, 6.07) is 0.0931. The highest BCUT2D eigenvalue weighted by atomic mass is 32.2. The van der Waals surface area contributed by atoms with Crippen LogP contribution in [-0.4, -0.2) is 49.4 Å². The average Bonchev–Trinajstić information content (AvgIpc) is 2.14. The van der Waals surface area contributed by atoms with Crippen LogP contribution < -0.4 is 5.73 Å². The van der Waals surface area contributed by atoms with E-state index < -0.39 is 9.84 Å². The molecular formula is C9H18N2O2S2. The van der Waals surface area contributed by atoms with Crippen molar-refractivity contribution in [2.75, 3.05) is 25.1 Å². The van der Waals surface area contributed by atoms with Crippen LogP contribution in [0.4, 0.5) is 0 Å². The Kier molecular flexibility index (Phi) is 4.48. The van der Waals surface area contributed by atoms with Gasteiger partial charge < -0.3 is 5.73 Å². The first-order valence-corrected chi connectivity index (χ1v) is 7.58. The Bertz CT molecular complexity index is 327. The molecule has 0 radical (unpaired) electrons. The number of hydrogen-bond acceptors (Lipinski definition) is 4. The largest absolute Gasteiger partial charge is 0.392 e. The average molecular weight is 250 g/mol. The Morgan fingerprint density at radius 2 is 2.20 bits per heavy atom. The number of hydrogen-bond donors (Lipinski definition) is 1. The maximum absolute atomic E-state index is 11.1. The Labute approximate surface area is 96.7 Å². The lowest BCUT2D eigenvalue weighted by Gasteiger charge is -2.34. The monoisotopic (exact) mass is 250 g/mol. The van der Waals surface area contributed by atoms with E-state index in [0.29, 0.717) is 11.5 Å². The zero-order valence-electron chi connectivity index (χ0n) is 8.98. The molecule has 6 heteroatoms. The summed E-state index contributed by atoms with van der Waals surface area (Å²) in [6.45, 7) is 1.44. The Morgan fingerprint density at radius 1 is 1.53 bits per heavy atom. The lowest BCUT2D eigenvalue weighted by atomic mass is 10.0. The Morgan fingerprint density at radius 3 is 2.73 bits per heavy atom. The Balaban J connectivity index is 2.54. The third-order valence-electron chi connectivity index (χ3n) is 2.69. The maximum atomic E-state index is 11.1. The third-order valence-corrected chi connectivity index (χ3v) is 3.89. The molecule has 15 heavy (non-hydrogen) atoms. The van der Waals surface area contributed by atoms with Gasteiger partial charge in [-0.1, -0.05) is 18.6 Å². The second-order valence-corrected chi connectivity index (χ2v) is 6.81. The van der Waals surface area contributed by atoms with Crippen LogP contribution in [0.3, 0.4) is 0 Å². The number of piperidine rings is 1. The molecule has 1 rings (SSSR count). The standard InChI is InChI=1S/C9H18N2O2S2/c1-15(12,13)7-6-11-5-3-2-4-8(11)9(10)14/h8H,2-7H2,1H3,(H2,10,14). The molecule has 1 aliphatic heterocycles. The van der Waals surface area contributed by atoms with Crippen LogP contribution >= 0.6 is 12.2 Å². The first-order chi connectivity index (χ1) is 6.90. The fraction of sp³-hybridized carbons (Fsp3) is 0.889. The summed E-state index contributed by atoms with van der Waals surface area (Å²) in [4.78, 5) is 2.58. The van der Waals surface area contributed by atoms with E-state index in [4.69, 9.17) is 18.0 Å². The van der Waals surface area contributed by atoms with Gasteiger partial charge in [-0.15, -0.1) is 0 Å². The summed E-state index contributed by atoms with van der Waals surface area (Å²) in [7, 11) is -2.90. The smallest absolute Gasteiger partial charge is 0.148 e. The van der Waals surface area contributed by atoms with Crippen molar-refractivity contribution < 1.29 is 8.42 Å². The van der Waals surface area contributed by atoms with Crippen molar-refractivity contribution in [2.45, 2.75) is 25.3 Å². The van der Waals surface area contributed by atoms with Crippen LogP contribution in [0.2, 0.25) is 0 Å². The van der Waals surface area contributed by atoms with Crippen LogP contribution in [0.25, 0.3) is 0 Å². The van der Waals surface area contributed by atoms with E-state index in [-0.39, 0.29) is 11.8 Å². The molecule has 4 nitrogen and oxygen atoms in total. The summed E-state index contributed by atoms with van der Waals surface area (Å²) in [5.41, 5.74) is 5.64. The quantitative estimate of drug-likeness (QED) is 0.721. The van der Waals surface area contributed by atoms with Crippen molar-refractivity contribution in [2.24, 2.45) is 5.73 Å². The maximum Gasteiger partial charge on any atom is 0.148 e. The molecule has 1 saturated heterocycles. The minimum Gasteiger partial charge on any atom is -0.392 e. The van der Waals surface area contributed by atoms with Gasteiger partial charge in [0.1, 0.15) is 9.84 Å². The second kappa shape index (κ2) is 5.23. The van der Waals surface area contributed by atoms with Crippen LogP contribution in [0.1, 0.15) is 19.3 Å². The van der Waals surface area contributed by atoms with E-state index in [1.54, 1.807) is 0 Å². The molecule has 0 amide bonds. The number of rotatable bonds is 4. The summed E-state index contributed by atoms with van der Waals surface area (Å²) >= 11 is 4.99.